The first kappa shape index (κ1) is 16.3. The maximum atomic E-state index is 6.11. The van der Waals surface area contributed by atoms with E-state index in [1.165, 1.54) is 0 Å². The minimum Gasteiger partial charge on any atom is -0.493 e. The standard InChI is InChI=1S/C20H18ClNO2/c1-2-23-17-11-7-6-10-16(17)20-18(12-13-19(21)22-20)24-14-15-8-4-3-5-9-15/h3-13H,2,14H2,1H3. The summed E-state index contributed by atoms with van der Waals surface area (Å²) in [6.07, 6.45) is 0. The summed E-state index contributed by atoms with van der Waals surface area (Å²) >= 11 is 6.11. The van der Waals surface area contributed by atoms with Crippen LogP contribution < -0.4 is 9.47 Å². The highest BCUT2D eigenvalue weighted by Gasteiger charge is 2.14. The Morgan fingerprint density at radius 1 is 0.833 bits per heavy atom. The second-order valence-corrected chi connectivity index (χ2v) is 5.57. The minimum atomic E-state index is 0.420. The van der Waals surface area contributed by atoms with Crippen LogP contribution in [0.3, 0.4) is 0 Å². The lowest BCUT2D eigenvalue weighted by atomic mass is 10.1. The lowest BCUT2D eigenvalue weighted by molar-refractivity contribution is 0.306. The van der Waals surface area contributed by atoms with Gasteiger partial charge in [0.15, 0.2) is 0 Å². The first-order chi connectivity index (χ1) is 11.8. The largest absolute Gasteiger partial charge is 0.493 e. The number of ether oxygens (including phenoxy) is 2. The number of aromatic nitrogens is 1. The average Bonchev–Trinajstić information content (AvgIpc) is 2.62. The number of nitrogens with zero attached hydrogens (tertiary/aromatic N) is 1. The molecule has 1 aromatic heterocycles. The molecule has 0 radical (unpaired) electrons. The van der Waals surface area contributed by atoms with Crippen LogP contribution >= 0.6 is 11.6 Å². The summed E-state index contributed by atoms with van der Waals surface area (Å²) in [5.74, 6) is 1.44. The molecule has 0 N–H and O–H groups in total. The highest BCUT2D eigenvalue weighted by molar-refractivity contribution is 6.29. The Morgan fingerprint density at radius 2 is 1.58 bits per heavy atom. The molecule has 4 heteroatoms. The van der Waals surface area contributed by atoms with Crippen LogP contribution in [0.2, 0.25) is 5.15 Å². The van der Waals surface area contributed by atoms with Gasteiger partial charge in [-0.15, -0.1) is 0 Å². The van der Waals surface area contributed by atoms with Crippen LogP contribution in [0.1, 0.15) is 12.5 Å². The summed E-state index contributed by atoms with van der Waals surface area (Å²) in [5.41, 5.74) is 2.64. The smallest absolute Gasteiger partial charge is 0.146 e. The first-order valence-electron chi connectivity index (χ1n) is 7.83. The molecule has 0 aliphatic heterocycles. The van der Waals surface area contributed by atoms with E-state index < -0.39 is 0 Å². The van der Waals surface area contributed by atoms with Gasteiger partial charge >= 0.3 is 0 Å². The second-order valence-electron chi connectivity index (χ2n) is 5.18. The normalized spacial score (nSPS) is 10.4. The van der Waals surface area contributed by atoms with Gasteiger partial charge in [0.1, 0.15) is 29.0 Å². The van der Waals surface area contributed by atoms with E-state index in [-0.39, 0.29) is 0 Å². The molecule has 0 spiro atoms. The van der Waals surface area contributed by atoms with Gasteiger partial charge in [0.05, 0.1) is 6.61 Å². The number of hydrogen-bond acceptors (Lipinski definition) is 3. The lowest BCUT2D eigenvalue weighted by Gasteiger charge is -2.14. The average molecular weight is 340 g/mol. The van der Waals surface area contributed by atoms with Gasteiger partial charge in [-0.1, -0.05) is 54.1 Å². The van der Waals surface area contributed by atoms with Crippen LogP contribution in [0.25, 0.3) is 11.3 Å². The summed E-state index contributed by atoms with van der Waals surface area (Å²) in [6.45, 7) is 3.00. The Labute approximate surface area is 146 Å². The fourth-order valence-corrected chi connectivity index (χ4v) is 2.56. The fourth-order valence-electron chi connectivity index (χ4n) is 2.41. The van der Waals surface area contributed by atoms with Crippen molar-refractivity contribution in [3.63, 3.8) is 0 Å². The molecule has 0 amide bonds. The van der Waals surface area contributed by atoms with Gasteiger partial charge in [0.25, 0.3) is 0 Å². The summed E-state index contributed by atoms with van der Waals surface area (Å²) in [6, 6.07) is 21.3. The van der Waals surface area contributed by atoms with Gasteiger partial charge in [0.2, 0.25) is 0 Å². The molecule has 3 aromatic rings. The van der Waals surface area contributed by atoms with Gasteiger partial charge in [-0.2, -0.15) is 0 Å². The Hall–Kier alpha value is -2.52. The van der Waals surface area contributed by atoms with Crippen molar-refractivity contribution in [1.82, 2.24) is 4.98 Å². The molecule has 0 bridgehead atoms. The number of hydrogen-bond donors (Lipinski definition) is 0. The van der Waals surface area contributed by atoms with Crippen LogP contribution in [0.5, 0.6) is 11.5 Å². The third-order valence-electron chi connectivity index (χ3n) is 3.50. The number of rotatable bonds is 6. The molecule has 0 aliphatic rings. The summed E-state index contributed by atoms with van der Waals surface area (Å²) in [4.78, 5) is 4.46. The predicted octanol–water partition coefficient (Wildman–Crippen LogP) is 5.38. The van der Waals surface area contributed by atoms with Crippen LogP contribution in [-0.2, 0) is 6.61 Å². The first-order valence-corrected chi connectivity index (χ1v) is 8.21. The van der Waals surface area contributed by atoms with E-state index in [1.807, 2.05) is 67.6 Å². The zero-order valence-corrected chi connectivity index (χ0v) is 14.2. The monoisotopic (exact) mass is 339 g/mol. The SMILES string of the molecule is CCOc1ccccc1-c1nc(Cl)ccc1OCc1ccccc1. The summed E-state index contributed by atoms with van der Waals surface area (Å²) < 4.78 is 11.7. The molecule has 0 saturated carbocycles. The van der Waals surface area contributed by atoms with Gasteiger partial charge in [0, 0.05) is 5.56 Å². The highest BCUT2D eigenvalue weighted by atomic mass is 35.5. The van der Waals surface area contributed by atoms with Crippen molar-refractivity contribution >= 4 is 11.6 Å². The number of benzene rings is 2. The zero-order chi connectivity index (χ0) is 16.8. The molecular weight excluding hydrogens is 322 g/mol. The Kier molecular flexibility index (Phi) is 5.34. The number of para-hydroxylation sites is 1. The third kappa shape index (κ3) is 3.87. The van der Waals surface area contributed by atoms with Gasteiger partial charge in [-0.25, -0.2) is 4.98 Å². The topological polar surface area (TPSA) is 31.4 Å². The van der Waals surface area contributed by atoms with E-state index in [1.54, 1.807) is 6.07 Å². The van der Waals surface area contributed by atoms with E-state index in [9.17, 15) is 0 Å². The van der Waals surface area contributed by atoms with E-state index in [2.05, 4.69) is 4.98 Å². The maximum Gasteiger partial charge on any atom is 0.146 e. The molecule has 2 aromatic carbocycles. The van der Waals surface area contributed by atoms with Crippen LogP contribution in [0.15, 0.2) is 66.7 Å². The molecule has 0 fully saturated rings. The molecule has 0 atom stereocenters. The molecular formula is C20H18ClNO2. The summed E-state index contributed by atoms with van der Waals surface area (Å²) in [5, 5.41) is 0.420. The molecule has 24 heavy (non-hydrogen) atoms. The van der Waals surface area contributed by atoms with E-state index in [0.29, 0.717) is 29.8 Å². The van der Waals surface area contributed by atoms with Crippen molar-refractivity contribution in [3.05, 3.63) is 77.4 Å². The van der Waals surface area contributed by atoms with Crippen molar-refractivity contribution in [3.8, 4) is 22.8 Å². The third-order valence-corrected chi connectivity index (χ3v) is 3.71. The van der Waals surface area contributed by atoms with E-state index >= 15 is 0 Å². The van der Waals surface area contributed by atoms with E-state index in [0.717, 1.165) is 16.9 Å². The zero-order valence-electron chi connectivity index (χ0n) is 13.4. The Morgan fingerprint density at radius 3 is 2.38 bits per heavy atom. The molecule has 3 nitrogen and oxygen atoms in total. The van der Waals surface area contributed by atoms with Crippen LogP contribution in [0.4, 0.5) is 0 Å². The molecule has 3 rings (SSSR count). The van der Waals surface area contributed by atoms with Crippen molar-refractivity contribution in [1.29, 1.82) is 0 Å². The van der Waals surface area contributed by atoms with Gasteiger partial charge < -0.3 is 9.47 Å². The van der Waals surface area contributed by atoms with E-state index in [4.69, 9.17) is 21.1 Å². The summed E-state index contributed by atoms with van der Waals surface area (Å²) in [7, 11) is 0. The maximum absolute atomic E-state index is 6.11. The highest BCUT2D eigenvalue weighted by Crippen LogP contribution is 2.36. The molecule has 0 unspecified atom stereocenters. The van der Waals surface area contributed by atoms with Gasteiger partial charge in [-0.3, -0.25) is 0 Å². The molecule has 122 valence electrons. The van der Waals surface area contributed by atoms with Crippen molar-refractivity contribution in [2.45, 2.75) is 13.5 Å². The Bertz CT molecular complexity index is 806. The van der Waals surface area contributed by atoms with Crippen molar-refractivity contribution < 1.29 is 9.47 Å². The minimum absolute atomic E-state index is 0.420. The van der Waals surface area contributed by atoms with Crippen molar-refractivity contribution in [2.24, 2.45) is 0 Å². The lowest BCUT2D eigenvalue weighted by Crippen LogP contribution is -2.00. The quantitative estimate of drug-likeness (QED) is 0.565. The van der Waals surface area contributed by atoms with Crippen molar-refractivity contribution in [2.75, 3.05) is 6.61 Å². The fraction of sp³-hybridized carbons (Fsp3) is 0.150. The predicted molar refractivity (Wildman–Crippen MR) is 96.6 cm³/mol. The molecule has 1 heterocycles. The van der Waals surface area contributed by atoms with Crippen LogP contribution in [0, 0.1) is 0 Å². The Balaban J connectivity index is 1.94. The van der Waals surface area contributed by atoms with Crippen LogP contribution in [-0.4, -0.2) is 11.6 Å². The molecule has 0 saturated heterocycles. The number of pyridine rings is 1. The number of halogens is 1. The van der Waals surface area contributed by atoms with Gasteiger partial charge in [-0.05, 0) is 36.8 Å². The molecule has 0 aliphatic carbocycles. The second kappa shape index (κ2) is 7.84.